The molecule has 1 aliphatic heterocycles. The van der Waals surface area contributed by atoms with E-state index in [0.29, 0.717) is 5.92 Å². The molecule has 1 fully saturated rings. The maximum absolute atomic E-state index is 5.47. The minimum Gasteiger partial charge on any atom is -0.376 e. The molecule has 1 atom stereocenters. The number of rotatable bonds is 2. The fourth-order valence-electron chi connectivity index (χ4n) is 1.84. The molecular weight excluding hydrogens is 184 g/mol. The van der Waals surface area contributed by atoms with Crippen molar-refractivity contribution in [3.05, 3.63) is 53.6 Å². The van der Waals surface area contributed by atoms with E-state index in [1.807, 2.05) is 6.07 Å². The van der Waals surface area contributed by atoms with Crippen molar-refractivity contribution in [1.82, 2.24) is 0 Å². The number of hydrogen-bond donors (Lipinski definition) is 0. The van der Waals surface area contributed by atoms with Gasteiger partial charge in [-0.3, -0.25) is 0 Å². The van der Waals surface area contributed by atoms with Crippen LogP contribution >= 0.6 is 0 Å². The third-order valence-electron chi connectivity index (χ3n) is 2.62. The number of benzene rings is 1. The third kappa shape index (κ3) is 2.57. The molecule has 1 heteroatoms. The van der Waals surface area contributed by atoms with E-state index in [2.05, 4.69) is 49.4 Å². The van der Waals surface area contributed by atoms with E-state index >= 15 is 0 Å². The second kappa shape index (κ2) is 4.94. The van der Waals surface area contributed by atoms with Crippen molar-refractivity contribution < 1.29 is 4.74 Å². The summed E-state index contributed by atoms with van der Waals surface area (Å²) in [5.41, 5.74) is 2.63. The van der Waals surface area contributed by atoms with Crippen LogP contribution in [-0.2, 0) is 4.74 Å². The molecule has 0 saturated carbocycles. The maximum atomic E-state index is 5.47. The molecule has 0 radical (unpaired) electrons. The van der Waals surface area contributed by atoms with Crippen LogP contribution in [0, 0.1) is 5.92 Å². The Balaban J connectivity index is 2.19. The molecule has 0 aliphatic carbocycles. The zero-order valence-corrected chi connectivity index (χ0v) is 9.02. The van der Waals surface area contributed by atoms with E-state index in [1.54, 1.807) is 0 Å². The Labute approximate surface area is 91.1 Å². The number of hydrogen-bond acceptors (Lipinski definition) is 1. The summed E-state index contributed by atoms with van der Waals surface area (Å²) in [5, 5.41) is 0. The van der Waals surface area contributed by atoms with Crippen molar-refractivity contribution in [1.29, 1.82) is 0 Å². The van der Waals surface area contributed by atoms with E-state index < -0.39 is 0 Å². The molecule has 1 unspecified atom stereocenters. The Morgan fingerprint density at radius 3 is 2.80 bits per heavy atom. The van der Waals surface area contributed by atoms with Crippen LogP contribution in [0.2, 0.25) is 0 Å². The molecule has 1 aromatic carbocycles. The highest BCUT2D eigenvalue weighted by molar-refractivity contribution is 5.54. The van der Waals surface area contributed by atoms with Gasteiger partial charge in [0, 0.05) is 5.92 Å². The Hall–Kier alpha value is -1.34. The summed E-state index contributed by atoms with van der Waals surface area (Å²) in [7, 11) is 0. The summed E-state index contributed by atoms with van der Waals surface area (Å²) in [6, 6.07) is 10.4. The van der Waals surface area contributed by atoms with Gasteiger partial charge in [-0.2, -0.15) is 0 Å². The van der Waals surface area contributed by atoms with Crippen molar-refractivity contribution in [2.45, 2.75) is 6.92 Å². The zero-order chi connectivity index (χ0) is 10.5. The SMILES string of the molecule is C/C=C/C1COC/C1=C\c1ccccc1. The van der Waals surface area contributed by atoms with Gasteiger partial charge < -0.3 is 4.74 Å². The first-order chi connectivity index (χ1) is 7.40. The van der Waals surface area contributed by atoms with Crippen molar-refractivity contribution in [2.24, 2.45) is 5.92 Å². The summed E-state index contributed by atoms with van der Waals surface area (Å²) in [6.45, 7) is 3.64. The molecule has 0 bridgehead atoms. The molecule has 2 rings (SSSR count). The molecule has 0 N–H and O–H groups in total. The molecule has 1 aromatic rings. The van der Waals surface area contributed by atoms with Gasteiger partial charge >= 0.3 is 0 Å². The van der Waals surface area contributed by atoms with Crippen LogP contribution in [-0.4, -0.2) is 13.2 Å². The van der Waals surface area contributed by atoms with Crippen molar-refractivity contribution in [2.75, 3.05) is 13.2 Å². The van der Waals surface area contributed by atoms with E-state index in [4.69, 9.17) is 4.74 Å². The lowest BCUT2D eigenvalue weighted by atomic mass is 10.00. The quantitative estimate of drug-likeness (QED) is 0.666. The van der Waals surface area contributed by atoms with Gasteiger partial charge in [0.25, 0.3) is 0 Å². The third-order valence-corrected chi connectivity index (χ3v) is 2.62. The smallest absolute Gasteiger partial charge is 0.0687 e. The van der Waals surface area contributed by atoms with E-state index in [0.717, 1.165) is 13.2 Å². The van der Waals surface area contributed by atoms with Crippen LogP contribution in [0.5, 0.6) is 0 Å². The normalized spacial score (nSPS) is 24.1. The number of ether oxygens (including phenoxy) is 1. The average Bonchev–Trinajstić information content (AvgIpc) is 2.68. The first-order valence-electron chi connectivity index (χ1n) is 5.36. The van der Waals surface area contributed by atoms with Gasteiger partial charge in [0.1, 0.15) is 0 Å². The standard InChI is InChI=1S/C14H16O/c1-2-6-13-10-15-11-14(13)9-12-7-4-3-5-8-12/h2-9,13H,10-11H2,1H3/b6-2+,14-9+. The molecule has 1 aliphatic rings. The summed E-state index contributed by atoms with van der Waals surface area (Å²) in [4.78, 5) is 0. The monoisotopic (exact) mass is 200 g/mol. The first kappa shape index (κ1) is 10.2. The Morgan fingerprint density at radius 2 is 2.07 bits per heavy atom. The predicted molar refractivity (Wildman–Crippen MR) is 63.5 cm³/mol. The molecule has 78 valence electrons. The lowest BCUT2D eigenvalue weighted by molar-refractivity contribution is 0.195. The van der Waals surface area contributed by atoms with Gasteiger partial charge in [0.15, 0.2) is 0 Å². The lowest BCUT2D eigenvalue weighted by Gasteiger charge is -2.03. The summed E-state index contributed by atoms with van der Waals surface area (Å²) < 4.78 is 5.47. The van der Waals surface area contributed by atoms with Gasteiger partial charge in [-0.15, -0.1) is 0 Å². The van der Waals surface area contributed by atoms with Gasteiger partial charge in [-0.1, -0.05) is 48.6 Å². The minimum atomic E-state index is 0.468. The molecule has 1 heterocycles. The fraction of sp³-hybridized carbons (Fsp3) is 0.286. The van der Waals surface area contributed by atoms with E-state index in [-0.39, 0.29) is 0 Å². The number of allylic oxidation sites excluding steroid dienone is 1. The van der Waals surface area contributed by atoms with Gasteiger partial charge in [-0.05, 0) is 18.1 Å². The van der Waals surface area contributed by atoms with Crippen LogP contribution in [0.1, 0.15) is 12.5 Å². The highest BCUT2D eigenvalue weighted by Gasteiger charge is 2.18. The predicted octanol–water partition coefficient (Wildman–Crippen LogP) is 3.29. The summed E-state index contributed by atoms with van der Waals surface area (Å²) in [6.07, 6.45) is 6.54. The second-order valence-corrected chi connectivity index (χ2v) is 3.78. The molecule has 0 spiro atoms. The first-order valence-corrected chi connectivity index (χ1v) is 5.36. The minimum absolute atomic E-state index is 0.468. The van der Waals surface area contributed by atoms with Crippen LogP contribution in [0.3, 0.4) is 0 Å². The lowest BCUT2D eigenvalue weighted by Crippen LogP contribution is -1.96. The van der Waals surface area contributed by atoms with Gasteiger partial charge in [-0.25, -0.2) is 0 Å². The van der Waals surface area contributed by atoms with Crippen LogP contribution in [0.15, 0.2) is 48.1 Å². The van der Waals surface area contributed by atoms with Crippen LogP contribution in [0.4, 0.5) is 0 Å². The van der Waals surface area contributed by atoms with Gasteiger partial charge in [0.2, 0.25) is 0 Å². The van der Waals surface area contributed by atoms with Crippen molar-refractivity contribution in [3.63, 3.8) is 0 Å². The summed E-state index contributed by atoms with van der Waals surface area (Å²) >= 11 is 0. The Bertz CT molecular complexity index is 362. The largest absolute Gasteiger partial charge is 0.376 e. The van der Waals surface area contributed by atoms with Gasteiger partial charge in [0.05, 0.1) is 13.2 Å². The highest BCUT2D eigenvalue weighted by atomic mass is 16.5. The maximum Gasteiger partial charge on any atom is 0.0687 e. The zero-order valence-electron chi connectivity index (χ0n) is 9.02. The molecule has 0 aromatic heterocycles. The topological polar surface area (TPSA) is 9.23 Å². The van der Waals surface area contributed by atoms with Crippen molar-refractivity contribution >= 4 is 6.08 Å². The molecular formula is C14H16O. The highest BCUT2D eigenvalue weighted by Crippen LogP contribution is 2.23. The molecule has 1 nitrogen and oxygen atoms in total. The van der Waals surface area contributed by atoms with Crippen LogP contribution in [0.25, 0.3) is 6.08 Å². The molecule has 1 saturated heterocycles. The second-order valence-electron chi connectivity index (χ2n) is 3.78. The molecule has 0 amide bonds. The van der Waals surface area contributed by atoms with Crippen molar-refractivity contribution in [3.8, 4) is 0 Å². The van der Waals surface area contributed by atoms with E-state index in [1.165, 1.54) is 11.1 Å². The fourth-order valence-corrected chi connectivity index (χ4v) is 1.84. The van der Waals surface area contributed by atoms with E-state index in [9.17, 15) is 0 Å². The molecule has 15 heavy (non-hydrogen) atoms. The Morgan fingerprint density at radius 1 is 1.27 bits per heavy atom. The summed E-state index contributed by atoms with van der Waals surface area (Å²) in [5.74, 6) is 0.468. The average molecular weight is 200 g/mol. The Kier molecular flexibility index (Phi) is 3.36. The van der Waals surface area contributed by atoms with Crippen LogP contribution < -0.4 is 0 Å².